The Bertz CT molecular complexity index is 1130. The van der Waals surface area contributed by atoms with E-state index in [0.29, 0.717) is 23.1 Å². The van der Waals surface area contributed by atoms with Crippen molar-refractivity contribution in [2.75, 3.05) is 25.0 Å². The number of aryl methyl sites for hydroxylation is 1. The van der Waals surface area contributed by atoms with E-state index in [0.717, 1.165) is 51.0 Å². The number of anilines is 1. The van der Waals surface area contributed by atoms with Crippen LogP contribution < -0.4 is 5.32 Å². The first-order chi connectivity index (χ1) is 16.5. The van der Waals surface area contributed by atoms with Crippen LogP contribution >= 0.6 is 0 Å². The molecule has 0 spiro atoms. The summed E-state index contributed by atoms with van der Waals surface area (Å²) in [5.41, 5.74) is 4.35. The molecule has 0 bridgehead atoms. The molecule has 176 valence electrons. The predicted octanol–water partition coefficient (Wildman–Crippen LogP) is 4.52. The Kier molecular flexibility index (Phi) is 6.38. The van der Waals surface area contributed by atoms with Crippen molar-refractivity contribution in [3.63, 3.8) is 0 Å². The van der Waals surface area contributed by atoms with E-state index in [1.54, 1.807) is 24.3 Å². The van der Waals surface area contributed by atoms with Crippen LogP contribution in [0.3, 0.4) is 0 Å². The zero-order chi connectivity index (χ0) is 23.7. The number of nitrogens with zero attached hydrogens (tertiary/aromatic N) is 3. The average molecular weight is 457 g/mol. The van der Waals surface area contributed by atoms with Gasteiger partial charge in [-0.2, -0.15) is 5.26 Å². The number of hydrogen-bond donors (Lipinski definition) is 1. The standard InChI is InChI=1S/C28H32N4O2/c1-19-18-31(13-14-32(19)28(34)22-6-2-3-7-22)26-12-10-21-9-11-24(16-25(21)26)30-27(33)23-8-4-5-20(15-23)17-29/h4-5,8-9,11,15-16,19,22,26H,2-3,6-7,10,12-14,18H2,1H3,(H,30,33)/t19-,26?/m0/s1. The van der Waals surface area contributed by atoms with Crippen molar-refractivity contribution < 1.29 is 9.59 Å². The maximum Gasteiger partial charge on any atom is 0.255 e. The van der Waals surface area contributed by atoms with Crippen LogP contribution in [0.4, 0.5) is 5.69 Å². The molecule has 2 fully saturated rings. The summed E-state index contributed by atoms with van der Waals surface area (Å²) < 4.78 is 0. The van der Waals surface area contributed by atoms with Gasteiger partial charge in [-0.1, -0.05) is 25.0 Å². The van der Waals surface area contributed by atoms with E-state index in [4.69, 9.17) is 5.26 Å². The molecule has 1 heterocycles. The van der Waals surface area contributed by atoms with Crippen LogP contribution in [0.5, 0.6) is 0 Å². The first kappa shape index (κ1) is 22.6. The second-order valence-corrected chi connectivity index (χ2v) is 9.97. The zero-order valence-corrected chi connectivity index (χ0v) is 19.8. The van der Waals surface area contributed by atoms with E-state index in [2.05, 4.69) is 40.2 Å². The van der Waals surface area contributed by atoms with E-state index >= 15 is 0 Å². The monoisotopic (exact) mass is 456 g/mol. The smallest absolute Gasteiger partial charge is 0.255 e. The highest BCUT2D eigenvalue weighted by Crippen LogP contribution is 2.39. The molecule has 6 nitrogen and oxygen atoms in total. The van der Waals surface area contributed by atoms with Crippen LogP contribution in [0.15, 0.2) is 42.5 Å². The first-order valence-electron chi connectivity index (χ1n) is 12.5. The lowest BCUT2D eigenvalue weighted by molar-refractivity contribution is -0.140. The zero-order valence-electron chi connectivity index (χ0n) is 19.8. The molecular formula is C28H32N4O2. The van der Waals surface area contributed by atoms with Gasteiger partial charge in [-0.25, -0.2) is 0 Å². The van der Waals surface area contributed by atoms with Crippen LogP contribution in [0.1, 0.15) is 72.1 Å². The van der Waals surface area contributed by atoms with Crippen LogP contribution in [0.2, 0.25) is 0 Å². The molecule has 0 radical (unpaired) electrons. The fourth-order valence-electron chi connectivity index (χ4n) is 5.97. The molecule has 5 rings (SSSR count). The summed E-state index contributed by atoms with van der Waals surface area (Å²) >= 11 is 0. The lowest BCUT2D eigenvalue weighted by atomic mass is 10.0. The maximum absolute atomic E-state index is 13.0. The summed E-state index contributed by atoms with van der Waals surface area (Å²) in [4.78, 5) is 30.4. The number of hydrogen-bond acceptors (Lipinski definition) is 4. The number of nitriles is 1. The van der Waals surface area contributed by atoms with Gasteiger partial charge >= 0.3 is 0 Å². The van der Waals surface area contributed by atoms with Gasteiger partial charge in [0.1, 0.15) is 0 Å². The fraction of sp³-hybridized carbons (Fsp3) is 0.464. The third kappa shape index (κ3) is 4.45. The van der Waals surface area contributed by atoms with Crippen molar-refractivity contribution in [1.29, 1.82) is 5.26 Å². The van der Waals surface area contributed by atoms with Gasteiger partial charge < -0.3 is 10.2 Å². The van der Waals surface area contributed by atoms with E-state index in [-0.39, 0.29) is 17.9 Å². The van der Waals surface area contributed by atoms with Crippen molar-refractivity contribution in [1.82, 2.24) is 9.80 Å². The minimum atomic E-state index is -0.209. The molecule has 2 atom stereocenters. The van der Waals surface area contributed by atoms with Crippen molar-refractivity contribution >= 4 is 17.5 Å². The Morgan fingerprint density at radius 2 is 1.88 bits per heavy atom. The summed E-state index contributed by atoms with van der Waals surface area (Å²) in [5, 5.41) is 12.1. The lowest BCUT2D eigenvalue weighted by Gasteiger charge is -2.43. The first-order valence-corrected chi connectivity index (χ1v) is 12.5. The number of fused-ring (bicyclic) bond motifs is 1. The number of rotatable bonds is 4. The SMILES string of the molecule is C[C@H]1CN(C2CCc3ccc(NC(=O)c4cccc(C#N)c4)cc32)CCN1C(=O)C1CCCC1. The van der Waals surface area contributed by atoms with E-state index in [1.807, 2.05) is 6.07 Å². The summed E-state index contributed by atoms with van der Waals surface area (Å²) in [5.74, 6) is 0.391. The molecule has 2 amide bonds. The molecule has 2 aromatic rings. The van der Waals surface area contributed by atoms with Gasteiger partial charge in [0.25, 0.3) is 5.91 Å². The summed E-state index contributed by atoms with van der Waals surface area (Å²) in [6, 6.07) is 15.6. The largest absolute Gasteiger partial charge is 0.337 e. The molecule has 0 aromatic heterocycles. The average Bonchev–Trinajstić information content (AvgIpc) is 3.54. The van der Waals surface area contributed by atoms with Gasteiger partial charge in [0, 0.05) is 48.9 Å². The Hall–Kier alpha value is -3.17. The highest BCUT2D eigenvalue weighted by molar-refractivity contribution is 6.04. The van der Waals surface area contributed by atoms with Gasteiger partial charge in [-0.05, 0) is 74.1 Å². The molecule has 2 aromatic carbocycles. The Morgan fingerprint density at radius 1 is 1.06 bits per heavy atom. The predicted molar refractivity (Wildman–Crippen MR) is 131 cm³/mol. The number of carbonyl (C=O) groups is 2. The second-order valence-electron chi connectivity index (χ2n) is 9.97. The molecule has 2 aliphatic carbocycles. The van der Waals surface area contributed by atoms with Crippen LogP contribution in [0.25, 0.3) is 0 Å². The van der Waals surface area contributed by atoms with Crippen LogP contribution in [-0.2, 0) is 11.2 Å². The van der Waals surface area contributed by atoms with Crippen LogP contribution in [0, 0.1) is 17.2 Å². The Morgan fingerprint density at radius 3 is 2.65 bits per heavy atom. The van der Waals surface area contributed by atoms with Gasteiger partial charge in [-0.3, -0.25) is 14.5 Å². The molecule has 3 aliphatic rings. The topological polar surface area (TPSA) is 76.4 Å². The lowest BCUT2D eigenvalue weighted by Crippen LogP contribution is -2.55. The Labute approximate surface area is 201 Å². The van der Waals surface area contributed by atoms with Crippen molar-refractivity contribution in [2.24, 2.45) is 5.92 Å². The van der Waals surface area contributed by atoms with E-state index in [9.17, 15) is 9.59 Å². The number of nitrogens with one attached hydrogen (secondary N) is 1. The van der Waals surface area contributed by atoms with Gasteiger partial charge in [-0.15, -0.1) is 0 Å². The number of amides is 2. The van der Waals surface area contributed by atoms with Crippen molar-refractivity contribution in [3.05, 3.63) is 64.7 Å². The fourth-order valence-corrected chi connectivity index (χ4v) is 5.97. The molecule has 1 saturated heterocycles. The van der Waals surface area contributed by atoms with Crippen molar-refractivity contribution in [3.8, 4) is 6.07 Å². The highest BCUT2D eigenvalue weighted by atomic mass is 16.2. The minimum absolute atomic E-state index is 0.209. The number of benzene rings is 2. The van der Waals surface area contributed by atoms with Gasteiger partial charge in [0.15, 0.2) is 0 Å². The molecule has 6 heteroatoms. The second kappa shape index (κ2) is 9.60. The van der Waals surface area contributed by atoms with Crippen LogP contribution in [-0.4, -0.2) is 47.3 Å². The molecule has 1 unspecified atom stereocenters. The van der Waals surface area contributed by atoms with E-state index in [1.165, 1.54) is 24.0 Å². The quantitative estimate of drug-likeness (QED) is 0.734. The number of carbonyl (C=O) groups excluding carboxylic acids is 2. The molecular weight excluding hydrogens is 424 g/mol. The summed E-state index contributed by atoms with van der Waals surface area (Å²) in [6.45, 7) is 4.76. The normalized spacial score (nSPS) is 22.9. The third-order valence-electron chi connectivity index (χ3n) is 7.79. The highest BCUT2D eigenvalue weighted by Gasteiger charge is 2.37. The molecule has 34 heavy (non-hydrogen) atoms. The molecule has 1 saturated carbocycles. The molecule has 1 N–H and O–H groups in total. The summed E-state index contributed by atoms with van der Waals surface area (Å²) in [6.07, 6.45) is 6.58. The summed E-state index contributed by atoms with van der Waals surface area (Å²) in [7, 11) is 0. The molecule has 1 aliphatic heterocycles. The third-order valence-corrected chi connectivity index (χ3v) is 7.79. The van der Waals surface area contributed by atoms with Crippen molar-refractivity contribution in [2.45, 2.75) is 57.5 Å². The number of piperazine rings is 1. The van der Waals surface area contributed by atoms with Gasteiger partial charge in [0.05, 0.1) is 11.6 Å². The van der Waals surface area contributed by atoms with E-state index < -0.39 is 0 Å². The Balaban J connectivity index is 1.27. The minimum Gasteiger partial charge on any atom is -0.337 e. The maximum atomic E-state index is 13.0. The van der Waals surface area contributed by atoms with Gasteiger partial charge in [0.2, 0.25) is 5.91 Å².